The fourth-order valence-electron chi connectivity index (χ4n) is 3.35. The zero-order valence-electron chi connectivity index (χ0n) is 16.4. The van der Waals surface area contributed by atoms with Crippen LogP contribution in [0.1, 0.15) is 42.9 Å². The SMILES string of the molecule is O=C1OC(=O)c2cc(Oc3c(F)c(F)c(Oc4ccc5c(c4)C(=O)OC5O)c(F)c3F)ccc21. The smallest absolute Gasteiger partial charge is 0.347 e. The van der Waals surface area contributed by atoms with E-state index < -0.39 is 64.7 Å². The third-order valence-electron chi connectivity index (χ3n) is 4.97. The summed E-state index contributed by atoms with van der Waals surface area (Å²) in [4.78, 5) is 34.8. The number of hydrogen-bond donors (Lipinski definition) is 1. The van der Waals surface area contributed by atoms with Gasteiger partial charge in [-0.05, 0) is 36.4 Å². The number of ether oxygens (including phenoxy) is 4. The lowest BCUT2D eigenvalue weighted by atomic mass is 10.1. The Bertz CT molecular complexity index is 1410. The molecule has 0 radical (unpaired) electrons. The van der Waals surface area contributed by atoms with Gasteiger partial charge in [0.2, 0.25) is 41.1 Å². The number of halogens is 4. The van der Waals surface area contributed by atoms with E-state index in [1.54, 1.807) is 0 Å². The van der Waals surface area contributed by atoms with Gasteiger partial charge in [-0.15, -0.1) is 0 Å². The van der Waals surface area contributed by atoms with Crippen LogP contribution in [0.5, 0.6) is 23.0 Å². The number of esters is 3. The van der Waals surface area contributed by atoms with Crippen LogP contribution in [0.15, 0.2) is 36.4 Å². The van der Waals surface area contributed by atoms with Crippen molar-refractivity contribution in [2.75, 3.05) is 0 Å². The lowest BCUT2D eigenvalue weighted by molar-refractivity contribution is -0.0548. The van der Waals surface area contributed by atoms with Gasteiger partial charge in [-0.3, -0.25) is 0 Å². The molecule has 8 nitrogen and oxygen atoms in total. The van der Waals surface area contributed by atoms with Crippen LogP contribution in [0.25, 0.3) is 0 Å². The molecule has 3 aromatic rings. The summed E-state index contributed by atoms with van der Waals surface area (Å²) in [5.74, 6) is -14.4. The Balaban J connectivity index is 1.48. The average molecular weight is 476 g/mol. The second-order valence-electron chi connectivity index (χ2n) is 7.01. The van der Waals surface area contributed by atoms with Crippen molar-refractivity contribution < 1.29 is 56.0 Å². The van der Waals surface area contributed by atoms with E-state index in [9.17, 15) is 37.1 Å². The highest BCUT2D eigenvalue weighted by atomic mass is 19.2. The monoisotopic (exact) mass is 476 g/mol. The first-order chi connectivity index (χ1) is 16.2. The number of aliphatic hydroxyl groups excluding tert-OH is 1. The van der Waals surface area contributed by atoms with Crippen LogP contribution < -0.4 is 9.47 Å². The second-order valence-corrected chi connectivity index (χ2v) is 7.01. The second kappa shape index (κ2) is 7.56. The summed E-state index contributed by atoms with van der Waals surface area (Å²) < 4.78 is 77.2. The molecule has 1 unspecified atom stereocenters. The van der Waals surface area contributed by atoms with Crippen molar-refractivity contribution in [1.82, 2.24) is 0 Å². The molecule has 0 fully saturated rings. The maximum absolute atomic E-state index is 14.6. The molecule has 0 aliphatic carbocycles. The molecule has 12 heteroatoms. The van der Waals surface area contributed by atoms with Crippen molar-refractivity contribution in [3.63, 3.8) is 0 Å². The molecule has 2 heterocycles. The van der Waals surface area contributed by atoms with E-state index >= 15 is 0 Å². The average Bonchev–Trinajstić information content (AvgIpc) is 3.26. The first-order valence-electron chi connectivity index (χ1n) is 9.31. The van der Waals surface area contributed by atoms with Crippen LogP contribution in [0.4, 0.5) is 17.6 Å². The number of fused-ring (bicyclic) bond motifs is 2. The molecule has 0 amide bonds. The van der Waals surface area contributed by atoms with E-state index in [-0.39, 0.29) is 28.0 Å². The van der Waals surface area contributed by atoms with Gasteiger partial charge in [0.25, 0.3) is 0 Å². The molecule has 0 bridgehead atoms. The van der Waals surface area contributed by atoms with Crippen molar-refractivity contribution in [3.8, 4) is 23.0 Å². The summed E-state index contributed by atoms with van der Waals surface area (Å²) in [5, 5.41) is 9.56. The highest BCUT2D eigenvalue weighted by Crippen LogP contribution is 2.40. The molecule has 1 atom stereocenters. The van der Waals surface area contributed by atoms with Crippen LogP contribution in [0.3, 0.4) is 0 Å². The van der Waals surface area contributed by atoms with Gasteiger partial charge in [0.05, 0.1) is 16.7 Å². The van der Waals surface area contributed by atoms with Gasteiger partial charge in [0.15, 0.2) is 0 Å². The van der Waals surface area contributed by atoms with Crippen LogP contribution in [-0.4, -0.2) is 23.0 Å². The van der Waals surface area contributed by atoms with E-state index in [4.69, 9.17) is 9.47 Å². The molecule has 1 N–H and O–H groups in total. The van der Waals surface area contributed by atoms with E-state index in [1.165, 1.54) is 6.07 Å². The standard InChI is InChI=1S/C22H8F4O8/c23-13-15(25)18(32-8-2-4-10-12(6-8)22(30)34-20(10)28)16(26)14(24)17(13)31-7-1-3-9-11(5-7)21(29)33-19(9)27/h1-6,19,27H. The zero-order valence-corrected chi connectivity index (χ0v) is 16.4. The molecule has 2 aliphatic rings. The van der Waals surface area contributed by atoms with Gasteiger partial charge < -0.3 is 24.1 Å². The summed E-state index contributed by atoms with van der Waals surface area (Å²) >= 11 is 0. The number of cyclic esters (lactones) is 3. The molecule has 0 aromatic heterocycles. The summed E-state index contributed by atoms with van der Waals surface area (Å²) in [5.41, 5.74) is -0.478. The van der Waals surface area contributed by atoms with E-state index in [1.807, 2.05) is 0 Å². The van der Waals surface area contributed by atoms with Crippen molar-refractivity contribution in [3.05, 3.63) is 81.9 Å². The molecule has 34 heavy (non-hydrogen) atoms. The van der Waals surface area contributed by atoms with Crippen molar-refractivity contribution >= 4 is 17.9 Å². The Hall–Kier alpha value is -4.45. The lowest BCUT2D eigenvalue weighted by Crippen LogP contribution is -2.04. The minimum atomic E-state index is -1.95. The van der Waals surface area contributed by atoms with Crippen LogP contribution in [0, 0.1) is 23.3 Å². The van der Waals surface area contributed by atoms with Gasteiger partial charge in [-0.1, -0.05) is 0 Å². The van der Waals surface area contributed by atoms with Crippen LogP contribution >= 0.6 is 0 Å². The number of carbonyl (C=O) groups excluding carboxylic acids is 3. The zero-order chi connectivity index (χ0) is 24.3. The van der Waals surface area contributed by atoms with Crippen molar-refractivity contribution in [1.29, 1.82) is 0 Å². The molecule has 172 valence electrons. The minimum absolute atomic E-state index is 0.0688. The predicted octanol–water partition coefficient (Wildman–Crippen LogP) is 4.30. The van der Waals surface area contributed by atoms with E-state index in [0.29, 0.717) is 0 Å². The fraction of sp³-hybridized carbons (Fsp3) is 0.0455. The molecule has 3 aromatic carbocycles. The summed E-state index contributed by atoms with van der Waals surface area (Å²) in [6, 6.07) is 6.26. The summed E-state index contributed by atoms with van der Waals surface area (Å²) in [7, 11) is 0. The largest absolute Gasteiger partial charge is 0.451 e. The van der Waals surface area contributed by atoms with E-state index in [0.717, 1.165) is 30.3 Å². The molecular weight excluding hydrogens is 468 g/mol. The Morgan fingerprint density at radius 1 is 0.676 bits per heavy atom. The van der Waals surface area contributed by atoms with Gasteiger partial charge >= 0.3 is 17.9 Å². The first-order valence-corrected chi connectivity index (χ1v) is 9.31. The molecule has 0 saturated heterocycles. The Kier molecular flexibility index (Phi) is 4.76. The predicted molar refractivity (Wildman–Crippen MR) is 99.4 cm³/mol. The molecule has 0 spiro atoms. The van der Waals surface area contributed by atoms with Gasteiger partial charge in [0, 0.05) is 5.56 Å². The number of aliphatic hydroxyl groups is 1. The van der Waals surface area contributed by atoms with Gasteiger partial charge in [-0.25, -0.2) is 14.4 Å². The van der Waals surface area contributed by atoms with Crippen LogP contribution in [-0.2, 0) is 9.47 Å². The number of benzene rings is 3. The number of hydrogen-bond acceptors (Lipinski definition) is 8. The maximum atomic E-state index is 14.6. The highest BCUT2D eigenvalue weighted by Gasteiger charge is 2.33. The highest BCUT2D eigenvalue weighted by molar-refractivity contribution is 6.14. The third kappa shape index (κ3) is 3.23. The molecular formula is C22H8F4O8. The van der Waals surface area contributed by atoms with Crippen LogP contribution in [0.2, 0.25) is 0 Å². The number of carbonyl (C=O) groups is 3. The summed E-state index contributed by atoms with van der Waals surface area (Å²) in [6.07, 6.45) is -1.53. The van der Waals surface area contributed by atoms with Crippen molar-refractivity contribution in [2.24, 2.45) is 0 Å². The Labute approximate surface area is 185 Å². The maximum Gasteiger partial charge on any atom is 0.347 e. The first kappa shape index (κ1) is 21.4. The van der Waals surface area contributed by atoms with E-state index in [2.05, 4.69) is 9.47 Å². The lowest BCUT2D eigenvalue weighted by Gasteiger charge is -2.14. The third-order valence-corrected chi connectivity index (χ3v) is 4.97. The normalized spacial score (nSPS) is 16.1. The summed E-state index contributed by atoms with van der Waals surface area (Å²) in [6.45, 7) is 0. The minimum Gasteiger partial charge on any atom is -0.451 e. The van der Waals surface area contributed by atoms with Gasteiger partial charge in [0.1, 0.15) is 11.5 Å². The van der Waals surface area contributed by atoms with Gasteiger partial charge in [-0.2, -0.15) is 17.6 Å². The Morgan fingerprint density at radius 2 is 1.18 bits per heavy atom. The quantitative estimate of drug-likeness (QED) is 0.257. The van der Waals surface area contributed by atoms with Crippen molar-refractivity contribution in [2.45, 2.75) is 6.29 Å². The molecule has 0 saturated carbocycles. The topological polar surface area (TPSA) is 108 Å². The fourth-order valence-corrected chi connectivity index (χ4v) is 3.35. The Morgan fingerprint density at radius 3 is 1.76 bits per heavy atom. The molecule has 5 rings (SSSR count). The number of rotatable bonds is 4. The molecule has 2 aliphatic heterocycles.